The second-order valence-electron chi connectivity index (χ2n) is 4.04. The Morgan fingerprint density at radius 1 is 1.65 bits per heavy atom. The summed E-state index contributed by atoms with van der Waals surface area (Å²) in [5.41, 5.74) is 0. The lowest BCUT2D eigenvalue weighted by molar-refractivity contribution is -0.124. The zero-order valence-electron chi connectivity index (χ0n) is 9.74. The van der Waals surface area contributed by atoms with Gasteiger partial charge in [-0.25, -0.2) is 4.98 Å². The Kier molecular flexibility index (Phi) is 4.52. The SMILES string of the molecule is O=C(CC1CNCCO1)NCCc1ncc[nH]1. The fourth-order valence-corrected chi connectivity index (χ4v) is 1.78. The molecule has 1 fully saturated rings. The van der Waals surface area contributed by atoms with Gasteiger partial charge in [-0.3, -0.25) is 4.79 Å². The Balaban J connectivity index is 1.60. The molecule has 2 heterocycles. The summed E-state index contributed by atoms with van der Waals surface area (Å²) in [7, 11) is 0. The average molecular weight is 238 g/mol. The zero-order valence-corrected chi connectivity index (χ0v) is 9.74. The molecule has 1 aromatic rings. The van der Waals surface area contributed by atoms with Crippen LogP contribution in [0.1, 0.15) is 12.2 Å². The molecule has 1 aromatic heterocycles. The number of H-pyrrole nitrogens is 1. The molecule has 0 bridgehead atoms. The van der Waals surface area contributed by atoms with E-state index in [9.17, 15) is 4.79 Å². The number of imidazole rings is 1. The van der Waals surface area contributed by atoms with Crippen LogP contribution in [0.2, 0.25) is 0 Å². The van der Waals surface area contributed by atoms with Crippen LogP contribution >= 0.6 is 0 Å². The summed E-state index contributed by atoms with van der Waals surface area (Å²) in [6.45, 7) is 2.92. The quantitative estimate of drug-likeness (QED) is 0.643. The molecule has 17 heavy (non-hydrogen) atoms. The molecule has 94 valence electrons. The first-order chi connectivity index (χ1) is 8.34. The van der Waals surface area contributed by atoms with Crippen LogP contribution < -0.4 is 10.6 Å². The maximum Gasteiger partial charge on any atom is 0.222 e. The number of hydrogen-bond acceptors (Lipinski definition) is 4. The van der Waals surface area contributed by atoms with Gasteiger partial charge in [-0.15, -0.1) is 0 Å². The minimum atomic E-state index is 0.00682. The molecule has 0 aliphatic carbocycles. The second-order valence-corrected chi connectivity index (χ2v) is 4.04. The van der Waals surface area contributed by atoms with Crippen LogP contribution in [0, 0.1) is 0 Å². The number of aromatic amines is 1. The lowest BCUT2D eigenvalue weighted by atomic mass is 10.2. The molecule has 0 radical (unpaired) electrons. The first-order valence-corrected chi connectivity index (χ1v) is 5.92. The van der Waals surface area contributed by atoms with Gasteiger partial charge in [-0.1, -0.05) is 0 Å². The van der Waals surface area contributed by atoms with Crippen LogP contribution in [0.25, 0.3) is 0 Å². The fourth-order valence-electron chi connectivity index (χ4n) is 1.78. The van der Waals surface area contributed by atoms with E-state index in [2.05, 4.69) is 20.6 Å². The van der Waals surface area contributed by atoms with Crippen molar-refractivity contribution in [3.05, 3.63) is 18.2 Å². The lowest BCUT2D eigenvalue weighted by Crippen LogP contribution is -2.41. The molecule has 0 saturated carbocycles. The van der Waals surface area contributed by atoms with Crippen molar-refractivity contribution in [2.24, 2.45) is 0 Å². The van der Waals surface area contributed by atoms with Gasteiger partial charge in [0.15, 0.2) is 0 Å². The first-order valence-electron chi connectivity index (χ1n) is 5.92. The van der Waals surface area contributed by atoms with E-state index in [0.717, 1.165) is 25.3 Å². The van der Waals surface area contributed by atoms with E-state index in [-0.39, 0.29) is 12.0 Å². The van der Waals surface area contributed by atoms with E-state index < -0.39 is 0 Å². The van der Waals surface area contributed by atoms with Gasteiger partial charge in [-0.05, 0) is 0 Å². The van der Waals surface area contributed by atoms with E-state index in [0.29, 0.717) is 19.6 Å². The summed E-state index contributed by atoms with van der Waals surface area (Å²) in [5.74, 6) is 0.922. The van der Waals surface area contributed by atoms with Gasteiger partial charge in [0.1, 0.15) is 5.82 Å². The monoisotopic (exact) mass is 238 g/mol. The fraction of sp³-hybridized carbons (Fsp3) is 0.636. The van der Waals surface area contributed by atoms with Gasteiger partial charge < -0.3 is 20.4 Å². The molecule has 0 aromatic carbocycles. The summed E-state index contributed by atoms with van der Waals surface area (Å²) in [5, 5.41) is 6.06. The Morgan fingerprint density at radius 2 is 2.59 bits per heavy atom. The summed E-state index contributed by atoms with van der Waals surface area (Å²) in [4.78, 5) is 18.7. The van der Waals surface area contributed by atoms with Gasteiger partial charge in [0.05, 0.1) is 19.1 Å². The number of morpholine rings is 1. The van der Waals surface area contributed by atoms with Crippen molar-refractivity contribution in [1.82, 2.24) is 20.6 Å². The molecule has 1 unspecified atom stereocenters. The van der Waals surface area contributed by atoms with Crippen molar-refractivity contribution in [3.63, 3.8) is 0 Å². The highest BCUT2D eigenvalue weighted by atomic mass is 16.5. The van der Waals surface area contributed by atoms with Crippen molar-refractivity contribution in [1.29, 1.82) is 0 Å². The molecule has 3 N–H and O–H groups in total. The lowest BCUT2D eigenvalue weighted by Gasteiger charge is -2.22. The molecule has 1 aliphatic heterocycles. The van der Waals surface area contributed by atoms with Crippen molar-refractivity contribution in [3.8, 4) is 0 Å². The minimum absolute atomic E-state index is 0.00682. The molecule has 1 saturated heterocycles. The molecule has 6 heteroatoms. The molecule has 1 aliphatic rings. The predicted molar refractivity (Wildman–Crippen MR) is 62.5 cm³/mol. The summed E-state index contributed by atoms with van der Waals surface area (Å²) < 4.78 is 5.46. The van der Waals surface area contributed by atoms with Gasteiger partial charge in [-0.2, -0.15) is 0 Å². The third-order valence-corrected chi connectivity index (χ3v) is 2.66. The topological polar surface area (TPSA) is 79.0 Å². The highest BCUT2D eigenvalue weighted by Crippen LogP contribution is 2.00. The standard InChI is InChI=1S/C11H18N4O2/c16-11(7-9-8-12-5-6-17-9)15-2-1-10-13-3-4-14-10/h3-4,9,12H,1-2,5-8H2,(H,13,14)(H,15,16). The number of nitrogens with one attached hydrogen (secondary N) is 3. The van der Waals surface area contributed by atoms with Crippen molar-refractivity contribution >= 4 is 5.91 Å². The number of rotatable bonds is 5. The molecular weight excluding hydrogens is 220 g/mol. The first kappa shape index (κ1) is 12.1. The largest absolute Gasteiger partial charge is 0.375 e. The van der Waals surface area contributed by atoms with Gasteiger partial charge >= 0.3 is 0 Å². The molecule has 0 spiro atoms. The Morgan fingerprint density at radius 3 is 3.29 bits per heavy atom. The van der Waals surface area contributed by atoms with E-state index in [4.69, 9.17) is 4.74 Å². The predicted octanol–water partition coefficient (Wildman–Crippen LogP) is -0.553. The molecular formula is C11H18N4O2. The van der Waals surface area contributed by atoms with Gasteiger partial charge in [0.25, 0.3) is 0 Å². The van der Waals surface area contributed by atoms with Crippen LogP contribution in [0.5, 0.6) is 0 Å². The normalized spacial score (nSPS) is 20.1. The summed E-state index contributed by atoms with van der Waals surface area (Å²) in [6, 6.07) is 0. The highest BCUT2D eigenvalue weighted by molar-refractivity contribution is 5.76. The number of aromatic nitrogens is 2. The number of hydrogen-bond donors (Lipinski definition) is 3. The van der Waals surface area contributed by atoms with E-state index in [1.54, 1.807) is 12.4 Å². The Hall–Kier alpha value is -1.40. The molecule has 2 rings (SSSR count). The maximum atomic E-state index is 11.6. The summed E-state index contributed by atoms with van der Waals surface area (Å²) in [6.07, 6.45) is 4.64. The summed E-state index contributed by atoms with van der Waals surface area (Å²) >= 11 is 0. The van der Waals surface area contributed by atoms with Crippen molar-refractivity contribution < 1.29 is 9.53 Å². The number of carbonyl (C=O) groups is 1. The van der Waals surface area contributed by atoms with Crippen molar-refractivity contribution in [2.45, 2.75) is 18.9 Å². The molecule has 1 atom stereocenters. The zero-order chi connectivity index (χ0) is 11.9. The molecule has 6 nitrogen and oxygen atoms in total. The van der Waals surface area contributed by atoms with Crippen LogP contribution in [-0.2, 0) is 16.0 Å². The van der Waals surface area contributed by atoms with Crippen LogP contribution in [0.4, 0.5) is 0 Å². The Bertz CT molecular complexity index is 333. The van der Waals surface area contributed by atoms with Gasteiger partial charge in [0, 0.05) is 38.4 Å². The third-order valence-electron chi connectivity index (χ3n) is 2.66. The number of amides is 1. The number of ether oxygens (including phenoxy) is 1. The van der Waals surface area contributed by atoms with Crippen molar-refractivity contribution in [2.75, 3.05) is 26.2 Å². The van der Waals surface area contributed by atoms with Crippen LogP contribution in [0.3, 0.4) is 0 Å². The minimum Gasteiger partial charge on any atom is -0.375 e. The van der Waals surface area contributed by atoms with E-state index in [1.807, 2.05) is 0 Å². The molecule has 1 amide bonds. The smallest absolute Gasteiger partial charge is 0.222 e. The van der Waals surface area contributed by atoms with E-state index in [1.165, 1.54) is 0 Å². The number of nitrogens with zero attached hydrogens (tertiary/aromatic N) is 1. The number of carbonyl (C=O) groups excluding carboxylic acids is 1. The third kappa shape index (κ3) is 4.16. The van der Waals surface area contributed by atoms with E-state index >= 15 is 0 Å². The second kappa shape index (κ2) is 6.36. The maximum absolute atomic E-state index is 11.6. The highest BCUT2D eigenvalue weighted by Gasteiger charge is 2.16. The van der Waals surface area contributed by atoms with Gasteiger partial charge in [0.2, 0.25) is 5.91 Å². The van der Waals surface area contributed by atoms with Crippen LogP contribution in [-0.4, -0.2) is 48.2 Å². The van der Waals surface area contributed by atoms with Crippen LogP contribution in [0.15, 0.2) is 12.4 Å². The Labute approximate surface area is 100 Å². The average Bonchev–Trinajstić information content (AvgIpc) is 2.83.